The molecule has 0 amide bonds. The van der Waals surface area contributed by atoms with Crippen LogP contribution in [0.2, 0.25) is 0 Å². The molecule has 9 heteroatoms. The molecule has 2 aromatic heterocycles. The van der Waals surface area contributed by atoms with E-state index in [-0.39, 0.29) is 11.8 Å². The number of methoxy groups -OCH3 is 1. The summed E-state index contributed by atoms with van der Waals surface area (Å²) in [6, 6.07) is 8.65. The summed E-state index contributed by atoms with van der Waals surface area (Å²) in [5.74, 6) is 0.101. The molecule has 0 aliphatic rings. The number of hydrogen-bond acceptors (Lipinski definition) is 6. The fourth-order valence-electron chi connectivity index (χ4n) is 2.41. The van der Waals surface area contributed by atoms with Crippen molar-refractivity contribution in [1.29, 1.82) is 0 Å². The number of pyridine rings is 1. The highest BCUT2D eigenvalue weighted by atomic mass is 19.4. The number of ether oxygens (including phenoxy) is 1. The molecule has 0 radical (unpaired) electrons. The molecule has 2 heterocycles. The van der Waals surface area contributed by atoms with E-state index in [1.165, 1.54) is 13.3 Å². The number of rotatable bonds is 5. The van der Waals surface area contributed by atoms with Gasteiger partial charge in [0.1, 0.15) is 11.4 Å². The summed E-state index contributed by atoms with van der Waals surface area (Å²) >= 11 is 0. The molecule has 6 nitrogen and oxygen atoms in total. The minimum absolute atomic E-state index is 0.0117. The van der Waals surface area contributed by atoms with Crippen molar-refractivity contribution in [3.05, 3.63) is 59.4 Å². The first kappa shape index (κ1) is 19.4. The Morgan fingerprint density at radius 2 is 1.68 bits per heavy atom. The third-order valence-corrected chi connectivity index (χ3v) is 3.95. The van der Waals surface area contributed by atoms with E-state index in [2.05, 4.69) is 25.6 Å². The second kappa shape index (κ2) is 7.71. The quantitative estimate of drug-likeness (QED) is 0.640. The van der Waals surface area contributed by atoms with Gasteiger partial charge in [-0.2, -0.15) is 18.2 Å². The smallest absolute Gasteiger partial charge is 0.421 e. The average Bonchev–Trinajstić information content (AvgIpc) is 2.64. The monoisotopic (exact) mass is 389 g/mol. The highest BCUT2D eigenvalue weighted by Gasteiger charge is 2.35. The van der Waals surface area contributed by atoms with Gasteiger partial charge in [-0.1, -0.05) is 17.7 Å². The van der Waals surface area contributed by atoms with E-state index in [1.54, 1.807) is 30.3 Å². The Kier molecular flexibility index (Phi) is 5.34. The van der Waals surface area contributed by atoms with Gasteiger partial charge in [-0.05, 0) is 31.5 Å². The summed E-state index contributed by atoms with van der Waals surface area (Å²) in [7, 11) is 1.50. The molecule has 0 unspecified atom stereocenters. The lowest BCUT2D eigenvalue weighted by Gasteiger charge is -2.15. The van der Waals surface area contributed by atoms with Gasteiger partial charge in [-0.15, -0.1) is 0 Å². The fourth-order valence-corrected chi connectivity index (χ4v) is 2.41. The Bertz CT molecular complexity index is 974. The number of benzene rings is 1. The van der Waals surface area contributed by atoms with Crippen LogP contribution in [0.3, 0.4) is 0 Å². The van der Waals surface area contributed by atoms with Crippen molar-refractivity contribution in [2.24, 2.45) is 0 Å². The van der Waals surface area contributed by atoms with Crippen molar-refractivity contribution < 1.29 is 17.9 Å². The zero-order valence-electron chi connectivity index (χ0n) is 15.4. The molecule has 0 fully saturated rings. The highest BCUT2D eigenvalue weighted by molar-refractivity contribution is 5.64. The summed E-state index contributed by atoms with van der Waals surface area (Å²) in [5, 5.41) is 5.61. The first-order valence-electron chi connectivity index (χ1n) is 8.32. The SMILES string of the molecule is COc1cc(C)c(Nc2ncc(C(F)(F)F)c(Nc3ccc(C)cc3)n2)cn1. The van der Waals surface area contributed by atoms with Crippen LogP contribution in [0.15, 0.2) is 42.7 Å². The maximum Gasteiger partial charge on any atom is 0.421 e. The number of aryl methyl sites for hydroxylation is 2. The summed E-state index contributed by atoms with van der Waals surface area (Å²) in [4.78, 5) is 11.9. The molecule has 3 aromatic rings. The van der Waals surface area contributed by atoms with Crippen molar-refractivity contribution in [3.8, 4) is 5.88 Å². The molecule has 0 aliphatic heterocycles. The molecule has 2 N–H and O–H groups in total. The van der Waals surface area contributed by atoms with Crippen LogP contribution in [-0.2, 0) is 6.18 Å². The maximum atomic E-state index is 13.4. The number of halogens is 3. The predicted molar refractivity (Wildman–Crippen MR) is 100 cm³/mol. The molecule has 0 atom stereocenters. The van der Waals surface area contributed by atoms with E-state index >= 15 is 0 Å². The van der Waals surface area contributed by atoms with Crippen LogP contribution in [0.25, 0.3) is 0 Å². The molecule has 1 aromatic carbocycles. The van der Waals surface area contributed by atoms with E-state index in [0.717, 1.165) is 17.3 Å². The number of aromatic nitrogens is 3. The van der Waals surface area contributed by atoms with Crippen LogP contribution in [0.5, 0.6) is 5.88 Å². The van der Waals surface area contributed by atoms with E-state index in [1.807, 2.05) is 13.8 Å². The van der Waals surface area contributed by atoms with Crippen molar-refractivity contribution in [3.63, 3.8) is 0 Å². The molecule has 3 rings (SSSR count). The van der Waals surface area contributed by atoms with Crippen LogP contribution in [-0.4, -0.2) is 22.1 Å². The number of nitrogens with zero attached hydrogens (tertiary/aromatic N) is 3. The molecular weight excluding hydrogens is 371 g/mol. The van der Waals surface area contributed by atoms with Gasteiger partial charge in [0.05, 0.1) is 19.0 Å². The molecular formula is C19H18F3N5O. The Morgan fingerprint density at radius 3 is 2.29 bits per heavy atom. The van der Waals surface area contributed by atoms with Crippen molar-refractivity contribution in [2.75, 3.05) is 17.7 Å². The minimum atomic E-state index is -4.59. The topological polar surface area (TPSA) is 72.0 Å². The second-order valence-corrected chi connectivity index (χ2v) is 6.11. The molecule has 0 saturated carbocycles. The van der Waals surface area contributed by atoms with Gasteiger partial charge in [-0.25, -0.2) is 9.97 Å². The van der Waals surface area contributed by atoms with Gasteiger partial charge < -0.3 is 15.4 Å². The second-order valence-electron chi connectivity index (χ2n) is 6.11. The van der Waals surface area contributed by atoms with Crippen LogP contribution < -0.4 is 15.4 Å². The van der Waals surface area contributed by atoms with E-state index in [0.29, 0.717) is 17.3 Å². The largest absolute Gasteiger partial charge is 0.481 e. The standard InChI is InChI=1S/C19H18F3N5O/c1-11-4-6-13(7-5-11)25-17-14(19(20,21)22)9-24-18(27-17)26-15-10-23-16(28-3)8-12(15)2/h4-10H,1-3H3,(H2,24,25,26,27). The Balaban J connectivity index is 1.94. The summed E-state index contributed by atoms with van der Waals surface area (Å²) in [6.45, 7) is 3.70. The minimum Gasteiger partial charge on any atom is -0.481 e. The molecule has 0 spiro atoms. The van der Waals surface area contributed by atoms with Crippen LogP contribution in [0.1, 0.15) is 16.7 Å². The van der Waals surface area contributed by atoms with Gasteiger partial charge in [0.2, 0.25) is 11.8 Å². The third-order valence-electron chi connectivity index (χ3n) is 3.95. The van der Waals surface area contributed by atoms with Crippen molar-refractivity contribution in [1.82, 2.24) is 15.0 Å². The molecule has 0 saturated heterocycles. The van der Waals surface area contributed by atoms with Gasteiger partial charge in [0, 0.05) is 18.0 Å². The first-order valence-corrected chi connectivity index (χ1v) is 8.32. The third kappa shape index (κ3) is 4.48. The lowest BCUT2D eigenvalue weighted by atomic mass is 10.2. The Hall–Kier alpha value is -3.36. The zero-order valence-corrected chi connectivity index (χ0v) is 15.4. The number of alkyl halides is 3. The lowest BCUT2D eigenvalue weighted by Crippen LogP contribution is -2.12. The average molecular weight is 389 g/mol. The van der Waals surface area contributed by atoms with Gasteiger partial charge in [0.25, 0.3) is 0 Å². The van der Waals surface area contributed by atoms with E-state index in [9.17, 15) is 13.2 Å². The van der Waals surface area contributed by atoms with Crippen molar-refractivity contribution in [2.45, 2.75) is 20.0 Å². The fraction of sp³-hybridized carbons (Fsp3) is 0.211. The number of anilines is 4. The number of hydrogen-bond donors (Lipinski definition) is 2. The normalized spacial score (nSPS) is 11.2. The molecule has 28 heavy (non-hydrogen) atoms. The first-order chi connectivity index (χ1) is 13.3. The van der Waals surface area contributed by atoms with Gasteiger partial charge in [-0.3, -0.25) is 0 Å². The van der Waals surface area contributed by atoms with Crippen LogP contribution in [0, 0.1) is 13.8 Å². The number of nitrogens with one attached hydrogen (secondary N) is 2. The summed E-state index contributed by atoms with van der Waals surface area (Å²) in [6.07, 6.45) is -2.34. The van der Waals surface area contributed by atoms with Crippen LogP contribution >= 0.6 is 0 Å². The molecule has 0 aliphatic carbocycles. The molecule has 0 bridgehead atoms. The van der Waals surface area contributed by atoms with Gasteiger partial charge >= 0.3 is 6.18 Å². The highest BCUT2D eigenvalue weighted by Crippen LogP contribution is 2.35. The lowest BCUT2D eigenvalue weighted by molar-refractivity contribution is -0.137. The summed E-state index contributed by atoms with van der Waals surface area (Å²) in [5.41, 5.74) is 1.87. The summed E-state index contributed by atoms with van der Waals surface area (Å²) < 4.78 is 45.1. The van der Waals surface area contributed by atoms with Crippen molar-refractivity contribution >= 4 is 23.1 Å². The van der Waals surface area contributed by atoms with E-state index in [4.69, 9.17) is 4.74 Å². The maximum absolute atomic E-state index is 13.4. The zero-order chi connectivity index (χ0) is 20.3. The molecule has 146 valence electrons. The van der Waals surface area contributed by atoms with Crippen LogP contribution in [0.4, 0.5) is 36.3 Å². The predicted octanol–water partition coefficient (Wildman–Crippen LogP) is 5.00. The van der Waals surface area contributed by atoms with Gasteiger partial charge in [0.15, 0.2) is 0 Å². The Labute approximate surface area is 159 Å². The Morgan fingerprint density at radius 1 is 0.964 bits per heavy atom. The van der Waals surface area contributed by atoms with E-state index < -0.39 is 11.7 Å².